The molecule has 5 nitrogen and oxygen atoms in total. The SMILES string of the molecule is CN1CCC(N(C)c2ccc(CN(C(=O)C=Cc3ccc(C(F)(F)F)cc3)C3CCN(Cc4ccccc4)CC3)cc2)CC1. The number of halogens is 3. The van der Waals surface area contributed by atoms with Crippen LogP contribution in [0.2, 0.25) is 0 Å². The van der Waals surface area contributed by atoms with Gasteiger partial charge in [0.05, 0.1) is 5.56 Å². The maximum absolute atomic E-state index is 13.7. The number of hydrogen-bond acceptors (Lipinski definition) is 4. The Morgan fingerprint density at radius 3 is 2.05 bits per heavy atom. The molecule has 3 aromatic carbocycles. The lowest BCUT2D eigenvalue weighted by Gasteiger charge is -2.38. The first-order chi connectivity index (χ1) is 21.2. The fraction of sp³-hybridized carbons (Fsp3) is 0.417. The Balaban J connectivity index is 1.27. The number of amides is 1. The van der Waals surface area contributed by atoms with Gasteiger partial charge in [0, 0.05) is 57.1 Å². The zero-order valence-electron chi connectivity index (χ0n) is 25.7. The zero-order valence-corrected chi connectivity index (χ0v) is 25.7. The second-order valence-corrected chi connectivity index (χ2v) is 12.2. The topological polar surface area (TPSA) is 30.0 Å². The number of hydrogen-bond donors (Lipinski definition) is 0. The second-order valence-electron chi connectivity index (χ2n) is 12.2. The molecule has 2 heterocycles. The molecule has 0 saturated carbocycles. The van der Waals surface area contributed by atoms with Crippen molar-refractivity contribution in [2.45, 2.75) is 57.0 Å². The molecule has 0 radical (unpaired) electrons. The number of rotatable bonds is 9. The minimum absolute atomic E-state index is 0.0772. The van der Waals surface area contributed by atoms with Crippen molar-refractivity contribution in [3.63, 3.8) is 0 Å². The van der Waals surface area contributed by atoms with Gasteiger partial charge >= 0.3 is 6.18 Å². The maximum atomic E-state index is 13.7. The van der Waals surface area contributed by atoms with Crippen molar-refractivity contribution in [3.05, 3.63) is 107 Å². The van der Waals surface area contributed by atoms with Crippen LogP contribution >= 0.6 is 0 Å². The average molecular weight is 605 g/mol. The molecule has 0 spiro atoms. The van der Waals surface area contributed by atoms with Gasteiger partial charge in [-0.25, -0.2) is 0 Å². The highest BCUT2D eigenvalue weighted by Gasteiger charge is 2.30. The van der Waals surface area contributed by atoms with E-state index in [0.29, 0.717) is 18.2 Å². The van der Waals surface area contributed by atoms with E-state index in [-0.39, 0.29) is 11.9 Å². The standard InChI is InChI=1S/C36H43F3N4O/c1-40-22-18-33(19-23-40)41(2)32-15-10-30(11-16-32)27-43(34-20-24-42(25-21-34)26-29-6-4-3-5-7-29)35(44)17-12-28-8-13-31(14-9-28)36(37,38)39/h3-17,33-34H,18-27H2,1-2H3. The van der Waals surface area contributed by atoms with E-state index < -0.39 is 11.7 Å². The summed E-state index contributed by atoms with van der Waals surface area (Å²) < 4.78 is 39.0. The number of piperidine rings is 2. The predicted octanol–water partition coefficient (Wildman–Crippen LogP) is 6.94. The van der Waals surface area contributed by atoms with Crippen LogP contribution in [-0.4, -0.2) is 73.0 Å². The van der Waals surface area contributed by atoms with Crippen LogP contribution in [0.15, 0.2) is 84.9 Å². The quantitative estimate of drug-likeness (QED) is 0.248. The minimum atomic E-state index is -4.39. The third kappa shape index (κ3) is 8.51. The van der Waals surface area contributed by atoms with Crippen LogP contribution in [-0.2, 0) is 24.1 Å². The lowest BCUT2D eigenvalue weighted by atomic mass is 10.0. The Morgan fingerprint density at radius 1 is 0.818 bits per heavy atom. The maximum Gasteiger partial charge on any atom is 0.416 e. The van der Waals surface area contributed by atoms with Crippen LogP contribution in [0.5, 0.6) is 0 Å². The Bertz CT molecular complexity index is 1360. The average Bonchev–Trinajstić information content (AvgIpc) is 3.03. The summed E-state index contributed by atoms with van der Waals surface area (Å²) in [5, 5.41) is 0. The zero-order chi connectivity index (χ0) is 31.1. The number of benzene rings is 3. The van der Waals surface area contributed by atoms with Gasteiger partial charge in [0.25, 0.3) is 0 Å². The molecule has 3 aromatic rings. The summed E-state index contributed by atoms with van der Waals surface area (Å²) >= 11 is 0. The van der Waals surface area contributed by atoms with Crippen molar-refractivity contribution >= 4 is 17.7 Å². The Morgan fingerprint density at radius 2 is 1.43 bits per heavy atom. The van der Waals surface area contributed by atoms with Gasteiger partial charge in [0.1, 0.15) is 0 Å². The monoisotopic (exact) mass is 604 g/mol. The molecular weight excluding hydrogens is 561 g/mol. The molecule has 0 aliphatic carbocycles. The molecule has 8 heteroatoms. The molecule has 2 aliphatic heterocycles. The van der Waals surface area contributed by atoms with Crippen LogP contribution in [0.1, 0.15) is 47.9 Å². The summed E-state index contributed by atoms with van der Waals surface area (Å²) in [5.41, 5.74) is 3.38. The molecule has 5 rings (SSSR count). The molecule has 0 aromatic heterocycles. The number of carbonyl (C=O) groups is 1. The van der Waals surface area contributed by atoms with E-state index in [4.69, 9.17) is 0 Å². The Labute approximate surface area is 259 Å². The van der Waals surface area contributed by atoms with Crippen LogP contribution in [0.25, 0.3) is 6.08 Å². The van der Waals surface area contributed by atoms with Gasteiger partial charge in [-0.1, -0.05) is 54.6 Å². The van der Waals surface area contributed by atoms with E-state index in [1.165, 1.54) is 29.5 Å². The van der Waals surface area contributed by atoms with Crippen molar-refractivity contribution in [2.75, 3.05) is 45.2 Å². The van der Waals surface area contributed by atoms with E-state index in [1.54, 1.807) is 6.08 Å². The van der Waals surface area contributed by atoms with Crippen molar-refractivity contribution in [1.29, 1.82) is 0 Å². The van der Waals surface area contributed by atoms with Crippen molar-refractivity contribution < 1.29 is 18.0 Å². The van der Waals surface area contributed by atoms with E-state index in [0.717, 1.165) is 76.1 Å². The van der Waals surface area contributed by atoms with Gasteiger partial charge in [-0.3, -0.25) is 9.69 Å². The third-order valence-electron chi connectivity index (χ3n) is 9.12. The molecule has 2 saturated heterocycles. The third-order valence-corrected chi connectivity index (χ3v) is 9.12. The van der Waals surface area contributed by atoms with Crippen LogP contribution in [0.4, 0.5) is 18.9 Å². The van der Waals surface area contributed by atoms with Crippen LogP contribution in [0.3, 0.4) is 0 Å². The highest BCUT2D eigenvalue weighted by Crippen LogP contribution is 2.29. The second kappa shape index (κ2) is 14.4. The highest BCUT2D eigenvalue weighted by molar-refractivity contribution is 5.92. The van der Waals surface area contributed by atoms with Gasteiger partial charge in [-0.05, 0) is 92.9 Å². The van der Waals surface area contributed by atoms with Gasteiger partial charge in [0.2, 0.25) is 5.91 Å². The molecule has 0 unspecified atom stereocenters. The van der Waals surface area contributed by atoms with Crippen molar-refractivity contribution in [2.24, 2.45) is 0 Å². The van der Waals surface area contributed by atoms with Crippen LogP contribution in [0, 0.1) is 0 Å². The normalized spacial score (nSPS) is 17.7. The fourth-order valence-corrected chi connectivity index (χ4v) is 6.29. The van der Waals surface area contributed by atoms with E-state index >= 15 is 0 Å². The largest absolute Gasteiger partial charge is 0.416 e. The molecule has 0 N–H and O–H groups in total. The predicted molar refractivity (Wildman–Crippen MR) is 171 cm³/mol. The summed E-state index contributed by atoms with van der Waals surface area (Å²) in [7, 11) is 4.33. The molecule has 0 atom stereocenters. The van der Waals surface area contributed by atoms with E-state index in [2.05, 4.69) is 77.3 Å². The van der Waals surface area contributed by atoms with Crippen molar-refractivity contribution in [3.8, 4) is 0 Å². The van der Waals surface area contributed by atoms with Gasteiger partial charge in [-0.2, -0.15) is 13.2 Å². The number of anilines is 1. The highest BCUT2D eigenvalue weighted by atomic mass is 19.4. The molecule has 234 valence electrons. The summed E-state index contributed by atoms with van der Waals surface area (Å²) in [4.78, 5) is 22.8. The lowest BCUT2D eigenvalue weighted by Crippen LogP contribution is -2.46. The molecule has 44 heavy (non-hydrogen) atoms. The first kappa shape index (κ1) is 31.8. The van der Waals surface area contributed by atoms with Gasteiger partial charge in [-0.15, -0.1) is 0 Å². The molecular formula is C36H43F3N4O. The minimum Gasteiger partial charge on any atom is -0.372 e. The van der Waals surface area contributed by atoms with Gasteiger partial charge in [0.15, 0.2) is 0 Å². The Hall–Kier alpha value is -3.62. The number of alkyl halides is 3. The molecule has 2 aliphatic rings. The summed E-state index contributed by atoms with van der Waals surface area (Å²) in [5.74, 6) is -0.126. The molecule has 0 bridgehead atoms. The first-order valence-electron chi connectivity index (χ1n) is 15.6. The summed E-state index contributed by atoms with van der Waals surface area (Å²) in [6.45, 7) is 5.38. The summed E-state index contributed by atoms with van der Waals surface area (Å²) in [6, 6.07) is 24.5. The smallest absolute Gasteiger partial charge is 0.372 e. The Kier molecular flexibility index (Phi) is 10.4. The molecule has 2 fully saturated rings. The lowest BCUT2D eigenvalue weighted by molar-refractivity contribution is -0.137. The fourth-order valence-electron chi connectivity index (χ4n) is 6.29. The number of carbonyl (C=O) groups excluding carboxylic acids is 1. The number of nitrogens with zero attached hydrogens (tertiary/aromatic N) is 4. The van der Waals surface area contributed by atoms with E-state index in [9.17, 15) is 18.0 Å². The van der Waals surface area contributed by atoms with Crippen LogP contribution < -0.4 is 4.90 Å². The number of likely N-dealkylation sites (tertiary alicyclic amines) is 2. The molecule has 1 amide bonds. The summed E-state index contributed by atoms with van der Waals surface area (Å²) in [6.07, 6.45) is 2.74. The van der Waals surface area contributed by atoms with Gasteiger partial charge < -0.3 is 14.7 Å². The van der Waals surface area contributed by atoms with E-state index in [1.807, 2.05) is 11.0 Å². The first-order valence-corrected chi connectivity index (χ1v) is 15.6. The van der Waals surface area contributed by atoms with Crippen molar-refractivity contribution in [1.82, 2.24) is 14.7 Å².